The number of aromatic nitrogens is 1. The molecular formula is C23H22F2N2O3. The van der Waals surface area contributed by atoms with E-state index >= 15 is 0 Å². The molecule has 1 aliphatic rings. The van der Waals surface area contributed by atoms with E-state index in [1.54, 1.807) is 17.2 Å². The van der Waals surface area contributed by atoms with Gasteiger partial charge in [-0.2, -0.15) is 0 Å². The maximum absolute atomic E-state index is 13.4. The van der Waals surface area contributed by atoms with Crippen molar-refractivity contribution in [2.24, 2.45) is 0 Å². The second-order valence-electron chi connectivity index (χ2n) is 7.39. The van der Waals surface area contributed by atoms with Gasteiger partial charge in [-0.3, -0.25) is 4.79 Å². The minimum absolute atomic E-state index is 0.00906. The van der Waals surface area contributed by atoms with E-state index in [1.165, 1.54) is 36.4 Å². The second-order valence-corrected chi connectivity index (χ2v) is 7.39. The summed E-state index contributed by atoms with van der Waals surface area (Å²) in [4.78, 5) is 18.7. The first-order valence-corrected chi connectivity index (χ1v) is 9.92. The number of piperidine rings is 1. The molecule has 1 atom stereocenters. The molecule has 5 nitrogen and oxygen atoms in total. The molecule has 156 valence electrons. The molecule has 0 radical (unpaired) electrons. The van der Waals surface area contributed by atoms with Gasteiger partial charge in [0.05, 0.1) is 12.1 Å². The third-order valence-corrected chi connectivity index (χ3v) is 5.14. The lowest BCUT2D eigenvalue weighted by molar-refractivity contribution is -0.134. The molecule has 1 saturated heterocycles. The van der Waals surface area contributed by atoms with E-state index < -0.39 is 0 Å². The largest absolute Gasteiger partial charge is 0.484 e. The number of halogens is 2. The van der Waals surface area contributed by atoms with E-state index in [4.69, 9.17) is 9.15 Å². The first-order valence-electron chi connectivity index (χ1n) is 9.92. The smallest absolute Gasteiger partial charge is 0.260 e. The van der Waals surface area contributed by atoms with Crippen LogP contribution in [0.2, 0.25) is 0 Å². The van der Waals surface area contributed by atoms with Crippen LogP contribution in [0.3, 0.4) is 0 Å². The van der Waals surface area contributed by atoms with Gasteiger partial charge in [-0.1, -0.05) is 12.1 Å². The van der Waals surface area contributed by atoms with Crippen molar-refractivity contribution in [3.8, 4) is 5.75 Å². The number of carbonyl (C=O) groups excluding carboxylic acids is 1. The highest BCUT2D eigenvalue weighted by molar-refractivity contribution is 5.78. The van der Waals surface area contributed by atoms with Crippen molar-refractivity contribution in [3.05, 3.63) is 83.6 Å². The molecule has 0 bridgehead atoms. The molecule has 2 aromatic carbocycles. The van der Waals surface area contributed by atoms with Crippen molar-refractivity contribution in [2.75, 3.05) is 19.7 Å². The van der Waals surface area contributed by atoms with Crippen LogP contribution in [0.1, 0.15) is 36.0 Å². The SMILES string of the molecule is O=C(COc1ccc(F)cc1)N1CCCC(c2ncc(Cc3cccc(F)c3)o2)C1. The number of amides is 1. The lowest BCUT2D eigenvalue weighted by atomic mass is 9.98. The summed E-state index contributed by atoms with van der Waals surface area (Å²) in [6, 6.07) is 12.0. The van der Waals surface area contributed by atoms with Crippen LogP contribution in [-0.4, -0.2) is 35.5 Å². The van der Waals surface area contributed by atoms with Crippen molar-refractivity contribution in [1.29, 1.82) is 0 Å². The zero-order valence-corrected chi connectivity index (χ0v) is 16.4. The number of hydrogen-bond acceptors (Lipinski definition) is 4. The van der Waals surface area contributed by atoms with Crippen LogP contribution in [0.25, 0.3) is 0 Å². The van der Waals surface area contributed by atoms with Gasteiger partial charge < -0.3 is 14.1 Å². The molecule has 1 aromatic heterocycles. The highest BCUT2D eigenvalue weighted by Crippen LogP contribution is 2.27. The van der Waals surface area contributed by atoms with Gasteiger partial charge in [-0.15, -0.1) is 0 Å². The average molecular weight is 412 g/mol. The van der Waals surface area contributed by atoms with Crippen molar-refractivity contribution >= 4 is 5.91 Å². The predicted molar refractivity (Wildman–Crippen MR) is 106 cm³/mol. The van der Waals surface area contributed by atoms with Crippen LogP contribution >= 0.6 is 0 Å². The van der Waals surface area contributed by atoms with Gasteiger partial charge in [0.15, 0.2) is 12.5 Å². The summed E-state index contributed by atoms with van der Waals surface area (Å²) < 4.78 is 37.7. The van der Waals surface area contributed by atoms with Crippen LogP contribution in [0.15, 0.2) is 59.1 Å². The van der Waals surface area contributed by atoms with Gasteiger partial charge in [-0.05, 0) is 54.8 Å². The maximum Gasteiger partial charge on any atom is 0.260 e. The van der Waals surface area contributed by atoms with Crippen molar-refractivity contribution in [2.45, 2.75) is 25.2 Å². The molecule has 30 heavy (non-hydrogen) atoms. The molecule has 0 aliphatic carbocycles. The fourth-order valence-electron chi connectivity index (χ4n) is 3.61. The van der Waals surface area contributed by atoms with Gasteiger partial charge in [0.2, 0.25) is 0 Å². The number of carbonyl (C=O) groups is 1. The molecule has 1 fully saturated rings. The number of rotatable bonds is 6. The van der Waals surface area contributed by atoms with Gasteiger partial charge >= 0.3 is 0 Å². The van der Waals surface area contributed by atoms with E-state index in [1.807, 2.05) is 6.07 Å². The number of oxazole rings is 1. The Morgan fingerprint density at radius 3 is 2.80 bits per heavy atom. The third-order valence-electron chi connectivity index (χ3n) is 5.14. The highest BCUT2D eigenvalue weighted by Gasteiger charge is 2.28. The fraction of sp³-hybridized carbons (Fsp3) is 0.304. The summed E-state index contributed by atoms with van der Waals surface area (Å²) in [6.07, 6.45) is 3.85. The Morgan fingerprint density at radius 2 is 2.00 bits per heavy atom. The summed E-state index contributed by atoms with van der Waals surface area (Å²) in [5.41, 5.74) is 0.816. The number of ether oxygens (including phenoxy) is 1. The third kappa shape index (κ3) is 5.03. The Labute approximate surface area is 173 Å². The molecule has 1 amide bonds. The molecule has 0 saturated carbocycles. The van der Waals surface area contributed by atoms with E-state index in [2.05, 4.69) is 4.98 Å². The topological polar surface area (TPSA) is 55.6 Å². The van der Waals surface area contributed by atoms with Gasteiger partial charge in [0, 0.05) is 19.5 Å². The molecule has 7 heteroatoms. The zero-order valence-electron chi connectivity index (χ0n) is 16.4. The van der Waals surface area contributed by atoms with Crippen molar-refractivity contribution in [3.63, 3.8) is 0 Å². The van der Waals surface area contributed by atoms with E-state index in [9.17, 15) is 13.6 Å². The predicted octanol–water partition coefficient (Wildman–Crippen LogP) is 4.33. The maximum atomic E-state index is 13.4. The lowest BCUT2D eigenvalue weighted by Gasteiger charge is -2.31. The first-order chi connectivity index (χ1) is 14.6. The van der Waals surface area contributed by atoms with Crippen LogP contribution in [-0.2, 0) is 11.2 Å². The van der Waals surface area contributed by atoms with Gasteiger partial charge in [0.25, 0.3) is 5.91 Å². The summed E-state index contributed by atoms with van der Waals surface area (Å²) in [7, 11) is 0. The summed E-state index contributed by atoms with van der Waals surface area (Å²) in [6.45, 7) is 1.05. The van der Waals surface area contributed by atoms with E-state index in [-0.39, 0.29) is 30.1 Å². The van der Waals surface area contributed by atoms with Crippen LogP contribution in [0, 0.1) is 11.6 Å². The second kappa shape index (κ2) is 9.07. The Kier molecular flexibility index (Phi) is 6.07. The van der Waals surface area contributed by atoms with Crippen LogP contribution in [0.5, 0.6) is 5.75 Å². The summed E-state index contributed by atoms with van der Waals surface area (Å²) in [5.74, 6) is 0.960. The molecular weight excluding hydrogens is 390 g/mol. The quantitative estimate of drug-likeness (QED) is 0.605. The first kappa shape index (κ1) is 20.1. The average Bonchev–Trinajstić information content (AvgIpc) is 3.22. The highest BCUT2D eigenvalue weighted by atomic mass is 19.1. The molecule has 4 rings (SSSR count). The van der Waals surface area contributed by atoms with Crippen LogP contribution < -0.4 is 4.74 Å². The standard InChI is InChI=1S/C23H22F2N2O3/c24-18-6-8-20(9-7-18)29-15-22(28)27-10-2-4-17(14-27)23-26-13-21(30-23)12-16-3-1-5-19(25)11-16/h1,3,5-9,11,13,17H,2,4,10,12,14-15H2. The molecule has 1 aliphatic heterocycles. The van der Waals surface area contributed by atoms with E-state index in [0.717, 1.165) is 18.4 Å². The number of hydrogen-bond donors (Lipinski definition) is 0. The monoisotopic (exact) mass is 412 g/mol. The Bertz CT molecular complexity index is 1000. The molecule has 0 spiro atoms. The molecule has 3 aromatic rings. The summed E-state index contributed by atoms with van der Waals surface area (Å²) >= 11 is 0. The number of benzene rings is 2. The molecule has 0 N–H and O–H groups in total. The zero-order chi connectivity index (χ0) is 20.9. The molecule has 2 heterocycles. The molecule has 1 unspecified atom stereocenters. The van der Waals surface area contributed by atoms with Gasteiger partial charge in [-0.25, -0.2) is 13.8 Å². The van der Waals surface area contributed by atoms with E-state index in [0.29, 0.717) is 36.9 Å². The Morgan fingerprint density at radius 1 is 1.17 bits per heavy atom. The Hall–Kier alpha value is -3.22. The van der Waals surface area contributed by atoms with Crippen molar-refractivity contribution < 1.29 is 22.7 Å². The fourth-order valence-corrected chi connectivity index (χ4v) is 3.61. The number of likely N-dealkylation sites (tertiary alicyclic amines) is 1. The van der Waals surface area contributed by atoms with Crippen molar-refractivity contribution in [1.82, 2.24) is 9.88 Å². The Balaban J connectivity index is 1.33. The van der Waals surface area contributed by atoms with Gasteiger partial charge in [0.1, 0.15) is 23.1 Å². The minimum Gasteiger partial charge on any atom is -0.484 e. The summed E-state index contributed by atoms with van der Waals surface area (Å²) in [5, 5.41) is 0. The lowest BCUT2D eigenvalue weighted by Crippen LogP contribution is -2.41. The normalized spacial score (nSPS) is 16.5. The minimum atomic E-state index is -0.352. The number of nitrogens with zero attached hydrogens (tertiary/aromatic N) is 2. The van der Waals surface area contributed by atoms with Crippen LogP contribution in [0.4, 0.5) is 8.78 Å².